The minimum Gasteiger partial charge on any atom is -0.289 e. The van der Waals surface area contributed by atoms with E-state index in [-0.39, 0.29) is 17.5 Å². The average Bonchev–Trinajstić information content (AvgIpc) is 2.36. The van der Waals surface area contributed by atoms with E-state index in [0.717, 1.165) is 6.42 Å². The van der Waals surface area contributed by atoms with Gasteiger partial charge in [0.15, 0.2) is 11.6 Å². The fraction of sp³-hybridized carbons (Fsp3) is 0.200. The van der Waals surface area contributed by atoms with Crippen molar-refractivity contribution in [2.75, 3.05) is 0 Å². The number of benzene rings is 1. The van der Waals surface area contributed by atoms with Crippen molar-refractivity contribution in [3.8, 4) is 0 Å². The number of ketones is 2. The maximum atomic E-state index is 12.4. The molecule has 0 heterocycles. The highest BCUT2D eigenvalue weighted by Crippen LogP contribution is 2.34. The van der Waals surface area contributed by atoms with Crippen LogP contribution in [0.15, 0.2) is 47.6 Å². The molecule has 0 aliphatic heterocycles. The predicted molar refractivity (Wildman–Crippen MR) is 65.1 cm³/mol. The number of rotatable bonds is 0. The molecule has 2 nitrogen and oxygen atoms in total. The van der Waals surface area contributed by atoms with Gasteiger partial charge in [-0.25, -0.2) is 0 Å². The Bertz CT molecular complexity index is 591. The van der Waals surface area contributed by atoms with E-state index in [9.17, 15) is 9.59 Å². The van der Waals surface area contributed by atoms with Gasteiger partial charge in [0, 0.05) is 22.3 Å². The van der Waals surface area contributed by atoms with Gasteiger partial charge in [-0.05, 0) is 12.3 Å². The highest BCUT2D eigenvalue weighted by Gasteiger charge is 2.34. The third-order valence-electron chi connectivity index (χ3n) is 3.46. The second-order valence-electron chi connectivity index (χ2n) is 4.57. The van der Waals surface area contributed by atoms with Crippen LogP contribution in [0.4, 0.5) is 0 Å². The Kier molecular flexibility index (Phi) is 2.11. The highest BCUT2D eigenvalue weighted by molar-refractivity contribution is 6.28. The van der Waals surface area contributed by atoms with E-state index in [0.29, 0.717) is 22.3 Å². The molecule has 1 unspecified atom stereocenters. The van der Waals surface area contributed by atoms with E-state index in [1.54, 1.807) is 30.3 Å². The average molecular weight is 224 g/mol. The highest BCUT2D eigenvalue weighted by atomic mass is 16.1. The van der Waals surface area contributed by atoms with E-state index in [1.807, 2.05) is 13.0 Å². The van der Waals surface area contributed by atoms with Crippen molar-refractivity contribution in [2.24, 2.45) is 5.92 Å². The van der Waals surface area contributed by atoms with Crippen molar-refractivity contribution in [3.05, 3.63) is 58.7 Å². The Morgan fingerprint density at radius 2 is 1.71 bits per heavy atom. The zero-order valence-corrected chi connectivity index (χ0v) is 9.57. The van der Waals surface area contributed by atoms with Gasteiger partial charge in [0.05, 0.1) is 0 Å². The number of carbonyl (C=O) groups is 2. The summed E-state index contributed by atoms with van der Waals surface area (Å²) in [5.41, 5.74) is 2.37. The molecule has 0 radical (unpaired) electrons. The molecule has 2 aliphatic rings. The third kappa shape index (κ3) is 1.34. The van der Waals surface area contributed by atoms with Gasteiger partial charge < -0.3 is 0 Å². The largest absolute Gasteiger partial charge is 0.289 e. The van der Waals surface area contributed by atoms with Gasteiger partial charge >= 0.3 is 0 Å². The van der Waals surface area contributed by atoms with Crippen molar-refractivity contribution in [3.63, 3.8) is 0 Å². The van der Waals surface area contributed by atoms with E-state index in [1.165, 1.54) is 0 Å². The summed E-state index contributed by atoms with van der Waals surface area (Å²) in [5.74, 6) is 0.143. The van der Waals surface area contributed by atoms with Gasteiger partial charge in [0.2, 0.25) is 0 Å². The molecular weight excluding hydrogens is 212 g/mol. The number of hydrogen-bond donors (Lipinski definition) is 0. The first-order valence-corrected chi connectivity index (χ1v) is 5.79. The van der Waals surface area contributed by atoms with E-state index < -0.39 is 0 Å². The monoisotopic (exact) mass is 224 g/mol. The molecule has 0 amide bonds. The molecule has 0 spiro atoms. The number of hydrogen-bond acceptors (Lipinski definition) is 2. The van der Waals surface area contributed by atoms with Crippen molar-refractivity contribution in [1.29, 1.82) is 0 Å². The summed E-state index contributed by atoms with van der Waals surface area (Å²) >= 11 is 0. The summed E-state index contributed by atoms with van der Waals surface area (Å²) in [5, 5.41) is 0. The minimum atomic E-state index is -0.0157. The molecular formula is C15H12O2. The summed E-state index contributed by atoms with van der Waals surface area (Å²) in [6.07, 6.45) is 4.61. The molecule has 0 bridgehead atoms. The standard InChI is InChI=1S/C15H12O2/c1-9-5-4-8-12-13(9)15(17)11-7-3-2-6-10(11)14(12)16/h2-4,6-9H,5H2,1H3. The predicted octanol–water partition coefficient (Wildman–Crippen LogP) is 2.96. The first-order valence-electron chi connectivity index (χ1n) is 5.79. The molecule has 1 aromatic rings. The second-order valence-corrected chi connectivity index (χ2v) is 4.57. The van der Waals surface area contributed by atoms with Gasteiger partial charge in [0.1, 0.15) is 0 Å². The van der Waals surface area contributed by atoms with Gasteiger partial charge in [-0.3, -0.25) is 9.59 Å². The van der Waals surface area contributed by atoms with Crippen molar-refractivity contribution < 1.29 is 9.59 Å². The Morgan fingerprint density at radius 1 is 1.06 bits per heavy atom. The number of Topliss-reactive ketones (excluding diaryl/α,β-unsaturated/α-hetero) is 2. The van der Waals surface area contributed by atoms with Gasteiger partial charge in [-0.1, -0.05) is 43.3 Å². The van der Waals surface area contributed by atoms with Crippen LogP contribution in [-0.2, 0) is 0 Å². The Morgan fingerprint density at radius 3 is 2.41 bits per heavy atom. The molecule has 84 valence electrons. The van der Waals surface area contributed by atoms with Crippen LogP contribution in [0.1, 0.15) is 34.1 Å². The molecule has 17 heavy (non-hydrogen) atoms. The number of fused-ring (bicyclic) bond motifs is 1. The summed E-state index contributed by atoms with van der Waals surface area (Å²) in [6.45, 7) is 2.00. The van der Waals surface area contributed by atoms with Gasteiger partial charge in [0.25, 0.3) is 0 Å². The zero-order chi connectivity index (χ0) is 12.0. The Labute approximate surface area is 99.6 Å². The molecule has 1 atom stereocenters. The molecule has 0 saturated heterocycles. The molecule has 0 N–H and O–H groups in total. The SMILES string of the molecule is CC1CC=CC2=C1C(=O)c1ccccc1C2=O. The van der Waals surface area contributed by atoms with E-state index in [2.05, 4.69) is 0 Å². The summed E-state index contributed by atoms with van der Waals surface area (Å²) < 4.78 is 0. The van der Waals surface area contributed by atoms with E-state index >= 15 is 0 Å². The molecule has 2 heteroatoms. The summed E-state index contributed by atoms with van der Waals surface area (Å²) in [6, 6.07) is 7.07. The van der Waals surface area contributed by atoms with Crippen LogP contribution >= 0.6 is 0 Å². The first-order chi connectivity index (χ1) is 8.20. The quantitative estimate of drug-likeness (QED) is 0.679. The van der Waals surface area contributed by atoms with Crippen molar-refractivity contribution in [2.45, 2.75) is 13.3 Å². The smallest absolute Gasteiger partial charge is 0.194 e. The molecule has 0 fully saturated rings. The molecule has 3 rings (SSSR count). The molecule has 0 saturated carbocycles. The molecule has 2 aliphatic carbocycles. The topological polar surface area (TPSA) is 34.1 Å². The third-order valence-corrected chi connectivity index (χ3v) is 3.46. The Hall–Kier alpha value is -1.96. The molecule has 0 aromatic heterocycles. The van der Waals surface area contributed by atoms with Crippen LogP contribution in [-0.4, -0.2) is 11.6 Å². The normalized spacial score (nSPS) is 22.5. The maximum Gasteiger partial charge on any atom is 0.194 e. The lowest BCUT2D eigenvalue weighted by Crippen LogP contribution is -2.26. The van der Waals surface area contributed by atoms with Gasteiger partial charge in [-0.2, -0.15) is 0 Å². The summed E-state index contributed by atoms with van der Waals surface area (Å²) in [4.78, 5) is 24.6. The van der Waals surface area contributed by atoms with Crippen molar-refractivity contribution >= 4 is 11.6 Å². The second kappa shape index (κ2) is 3.52. The zero-order valence-electron chi connectivity index (χ0n) is 9.57. The summed E-state index contributed by atoms with van der Waals surface area (Å²) in [7, 11) is 0. The maximum absolute atomic E-state index is 12.4. The van der Waals surface area contributed by atoms with E-state index in [4.69, 9.17) is 0 Å². The number of allylic oxidation sites excluding steroid dienone is 4. The minimum absolute atomic E-state index is 0.0157. The van der Waals surface area contributed by atoms with Crippen LogP contribution < -0.4 is 0 Å². The van der Waals surface area contributed by atoms with Crippen LogP contribution in [0.3, 0.4) is 0 Å². The number of carbonyl (C=O) groups excluding carboxylic acids is 2. The van der Waals surface area contributed by atoms with Crippen LogP contribution in [0.5, 0.6) is 0 Å². The molecule has 1 aromatic carbocycles. The lowest BCUT2D eigenvalue weighted by Gasteiger charge is -2.25. The van der Waals surface area contributed by atoms with Crippen LogP contribution in [0, 0.1) is 5.92 Å². The lowest BCUT2D eigenvalue weighted by atomic mass is 9.76. The fourth-order valence-corrected chi connectivity index (χ4v) is 2.58. The lowest BCUT2D eigenvalue weighted by molar-refractivity contribution is 0.0968. The van der Waals surface area contributed by atoms with Crippen LogP contribution in [0.25, 0.3) is 0 Å². The fourth-order valence-electron chi connectivity index (χ4n) is 2.58. The van der Waals surface area contributed by atoms with Crippen LogP contribution in [0.2, 0.25) is 0 Å². The first kappa shape index (κ1) is 10.2. The Balaban J connectivity index is 2.27. The van der Waals surface area contributed by atoms with Gasteiger partial charge in [-0.15, -0.1) is 0 Å². The van der Waals surface area contributed by atoms with Crippen molar-refractivity contribution in [1.82, 2.24) is 0 Å².